The Bertz CT molecular complexity index is 1730. The molecular formula is C44H54Cl2N2SiZr-2. The van der Waals surface area contributed by atoms with Gasteiger partial charge in [-0.3, -0.25) is 9.97 Å². The largest absolute Gasteiger partial charge is 1.00 e. The van der Waals surface area contributed by atoms with Crippen LogP contribution in [0.1, 0.15) is 88.5 Å². The molecule has 0 atom stereocenters. The van der Waals surface area contributed by atoms with E-state index in [1.165, 1.54) is 106 Å². The number of hydrogen-bond acceptors (Lipinski definition) is 2. The first-order valence-corrected chi connectivity index (χ1v) is 24.3. The van der Waals surface area contributed by atoms with E-state index in [0.29, 0.717) is 0 Å². The van der Waals surface area contributed by atoms with Crippen LogP contribution >= 0.6 is 0 Å². The first kappa shape index (κ1) is 43.8. The minimum absolute atomic E-state index is 0. The normalized spacial score (nSPS) is 10.4. The second-order valence-corrected chi connectivity index (χ2v) is 22.5. The molecule has 264 valence electrons. The van der Waals surface area contributed by atoms with E-state index in [2.05, 4.69) is 124 Å². The first-order valence-electron chi connectivity index (χ1n) is 18.2. The van der Waals surface area contributed by atoms with E-state index in [4.69, 9.17) is 0 Å². The van der Waals surface area contributed by atoms with E-state index in [1.54, 1.807) is 23.3 Å². The van der Waals surface area contributed by atoms with Gasteiger partial charge in [0, 0.05) is 12.4 Å². The molecule has 0 aliphatic rings. The maximum Gasteiger partial charge on any atom is -1.00 e. The zero-order chi connectivity index (χ0) is 34.3. The van der Waals surface area contributed by atoms with E-state index in [9.17, 15) is 0 Å². The van der Waals surface area contributed by atoms with Gasteiger partial charge in [-0.25, -0.2) is 0 Å². The smallest absolute Gasteiger partial charge is 1.00 e. The van der Waals surface area contributed by atoms with Gasteiger partial charge in [-0.1, -0.05) is 102 Å². The Morgan fingerprint density at radius 3 is 1.28 bits per heavy atom. The first-order chi connectivity index (χ1) is 23.4. The molecule has 2 heterocycles. The van der Waals surface area contributed by atoms with Crippen LogP contribution in [0.2, 0.25) is 13.1 Å². The monoisotopic (exact) mass is 798 g/mol. The molecule has 4 aromatic carbocycles. The molecule has 0 bridgehead atoms. The van der Waals surface area contributed by atoms with Crippen LogP contribution < -0.4 is 24.8 Å². The Labute approximate surface area is 329 Å². The Kier molecular flexibility index (Phi) is 20.4. The van der Waals surface area contributed by atoms with Crippen LogP contribution in [-0.4, -0.2) is 15.4 Å². The Morgan fingerprint density at radius 1 is 0.560 bits per heavy atom. The molecule has 2 aromatic heterocycles. The van der Waals surface area contributed by atoms with E-state index in [-0.39, 0.29) is 30.2 Å². The zero-order valence-electron chi connectivity index (χ0n) is 31.0. The van der Waals surface area contributed by atoms with Crippen molar-refractivity contribution in [3.05, 3.63) is 120 Å². The van der Waals surface area contributed by atoms with Crippen LogP contribution in [0.4, 0.5) is 0 Å². The SMILES string of the molecule is CCCCc1cc2c(-c3ccccn3)cc(CCC)cc2[cH-]1.CCCCc1cc2c(-c3ccccn3)cc(CCC)cc2[cH-]1.C[Si](C)=[Zr+2].[Cl-].[Cl-]. The van der Waals surface area contributed by atoms with Crippen LogP contribution in [-0.2, 0) is 49.0 Å². The number of rotatable bonds is 12. The van der Waals surface area contributed by atoms with Gasteiger partial charge in [0.25, 0.3) is 0 Å². The summed E-state index contributed by atoms with van der Waals surface area (Å²) in [4.78, 5) is 9.14. The standard InChI is InChI=1S/2C21H24N.C2H6Si.2ClH.Zr/c2*1-3-5-9-17-13-18-12-16(8-4-2)15-20(19(18)14-17)21-10-6-7-11-22-21;1-3-2;;;/h2*6-7,10-15H,3-5,8-9H2,1-2H3;1-2H3;2*1H;/q2*-1;;;;+2/p-2. The summed E-state index contributed by atoms with van der Waals surface area (Å²) in [5.74, 6) is 0. The number of benzene rings is 2. The van der Waals surface area contributed by atoms with Gasteiger partial charge in [0.15, 0.2) is 0 Å². The molecular weight excluding hydrogens is 747 g/mol. The summed E-state index contributed by atoms with van der Waals surface area (Å²) in [6.07, 6.45) is 15.7. The van der Waals surface area contributed by atoms with Crippen molar-refractivity contribution in [2.45, 2.75) is 105 Å². The van der Waals surface area contributed by atoms with Crippen molar-refractivity contribution >= 4 is 27.0 Å². The molecule has 6 aromatic rings. The minimum atomic E-state index is 0. The van der Waals surface area contributed by atoms with Crippen molar-refractivity contribution in [2.75, 3.05) is 0 Å². The van der Waals surface area contributed by atoms with Crippen molar-refractivity contribution in [3.8, 4) is 22.5 Å². The van der Waals surface area contributed by atoms with Gasteiger partial charge in [0.1, 0.15) is 0 Å². The minimum Gasteiger partial charge on any atom is -1.00 e. The molecule has 0 spiro atoms. The van der Waals surface area contributed by atoms with E-state index in [1.807, 2.05) is 24.5 Å². The fourth-order valence-corrected chi connectivity index (χ4v) is 6.27. The summed E-state index contributed by atoms with van der Waals surface area (Å²) in [7, 11) is 0. The molecule has 2 nitrogen and oxygen atoms in total. The topological polar surface area (TPSA) is 25.8 Å². The number of pyridine rings is 2. The second-order valence-electron chi connectivity index (χ2n) is 13.2. The predicted molar refractivity (Wildman–Crippen MR) is 208 cm³/mol. The summed E-state index contributed by atoms with van der Waals surface area (Å²) in [6.45, 7) is 13.6. The molecule has 0 unspecified atom stereocenters. The predicted octanol–water partition coefficient (Wildman–Crippen LogP) is 6.62. The number of aromatic nitrogens is 2. The van der Waals surface area contributed by atoms with Crippen LogP contribution in [0.3, 0.4) is 0 Å². The molecule has 0 aliphatic heterocycles. The Balaban J connectivity index is 0.000000303. The fraction of sp³-hybridized carbons (Fsp3) is 0.364. The number of hydrogen-bond donors (Lipinski definition) is 0. The molecule has 6 heteroatoms. The summed E-state index contributed by atoms with van der Waals surface area (Å²) < 4.78 is 0. The molecule has 0 saturated carbocycles. The third-order valence-corrected chi connectivity index (χ3v) is 8.48. The van der Waals surface area contributed by atoms with Crippen molar-refractivity contribution in [3.63, 3.8) is 0 Å². The zero-order valence-corrected chi connectivity index (χ0v) is 35.9. The van der Waals surface area contributed by atoms with Crippen LogP contribution in [0.25, 0.3) is 44.1 Å². The van der Waals surface area contributed by atoms with E-state index in [0.717, 1.165) is 24.2 Å². The number of nitrogens with zero attached hydrogens (tertiary/aromatic N) is 2. The van der Waals surface area contributed by atoms with E-state index < -0.39 is 0 Å². The second kappa shape index (κ2) is 23.3. The average Bonchev–Trinajstić information content (AvgIpc) is 3.70. The van der Waals surface area contributed by atoms with Crippen molar-refractivity contribution in [1.82, 2.24) is 9.97 Å². The quantitative estimate of drug-likeness (QED) is 0.103. The van der Waals surface area contributed by atoms with Crippen molar-refractivity contribution < 1.29 is 48.1 Å². The maximum atomic E-state index is 4.57. The number of halogens is 2. The van der Waals surface area contributed by atoms with Gasteiger partial charge in [0.2, 0.25) is 0 Å². The van der Waals surface area contributed by atoms with Gasteiger partial charge in [-0.05, 0) is 61.1 Å². The van der Waals surface area contributed by atoms with Crippen molar-refractivity contribution in [2.24, 2.45) is 0 Å². The van der Waals surface area contributed by atoms with Crippen molar-refractivity contribution in [1.29, 1.82) is 0 Å². The molecule has 0 amide bonds. The van der Waals surface area contributed by atoms with E-state index >= 15 is 0 Å². The Hall–Kier alpha value is -2.36. The van der Waals surface area contributed by atoms with Gasteiger partial charge in [-0.15, -0.1) is 56.9 Å². The molecule has 0 saturated heterocycles. The molecule has 0 aliphatic carbocycles. The number of fused-ring (bicyclic) bond motifs is 2. The van der Waals surface area contributed by atoms with Gasteiger partial charge < -0.3 is 24.8 Å². The maximum absolute atomic E-state index is 4.57. The van der Waals surface area contributed by atoms with Crippen LogP contribution in [0.5, 0.6) is 0 Å². The van der Waals surface area contributed by atoms with Gasteiger partial charge in [0.05, 0.1) is 11.4 Å². The van der Waals surface area contributed by atoms with Crippen LogP contribution in [0.15, 0.2) is 97.3 Å². The Morgan fingerprint density at radius 2 is 0.960 bits per heavy atom. The molecule has 6 rings (SSSR count). The van der Waals surface area contributed by atoms with Gasteiger partial charge >= 0.3 is 41.9 Å². The van der Waals surface area contributed by atoms with Crippen LogP contribution in [0, 0.1) is 0 Å². The fourth-order valence-electron chi connectivity index (χ4n) is 6.27. The number of unbranched alkanes of at least 4 members (excludes halogenated alkanes) is 2. The molecule has 0 N–H and O–H groups in total. The average molecular weight is 801 g/mol. The summed E-state index contributed by atoms with van der Waals surface area (Å²) in [5, 5.41) is 5.45. The van der Waals surface area contributed by atoms with Gasteiger partial charge in [-0.2, -0.15) is 12.1 Å². The summed E-state index contributed by atoms with van der Waals surface area (Å²) in [5.41, 5.74) is 10.7. The third kappa shape index (κ3) is 13.0. The third-order valence-electron chi connectivity index (χ3n) is 8.48. The molecule has 0 fully saturated rings. The summed E-state index contributed by atoms with van der Waals surface area (Å²) >= 11 is 1.74. The molecule has 0 radical (unpaired) electrons. The molecule has 50 heavy (non-hydrogen) atoms. The number of aryl methyl sites for hydroxylation is 4. The summed E-state index contributed by atoms with van der Waals surface area (Å²) in [6, 6.07) is 31.2.